The lowest BCUT2D eigenvalue weighted by molar-refractivity contribution is -0.175. The van der Waals surface area contributed by atoms with Gasteiger partial charge in [-0.25, -0.2) is 5.48 Å². The average Bonchev–Trinajstić information content (AvgIpc) is 2.35. The van der Waals surface area contributed by atoms with Crippen LogP contribution in [0.25, 0.3) is 0 Å². The van der Waals surface area contributed by atoms with Crippen molar-refractivity contribution >= 4 is 5.91 Å². The Labute approximate surface area is 108 Å². The summed E-state index contributed by atoms with van der Waals surface area (Å²) in [5.74, 6) is -0.530. The van der Waals surface area contributed by atoms with Gasteiger partial charge in [0, 0.05) is 0 Å². The number of halogens is 3. The first-order valence-electron chi connectivity index (χ1n) is 5.56. The predicted octanol–water partition coefficient (Wildman–Crippen LogP) is 2.20. The zero-order valence-electron chi connectivity index (χ0n) is 10.1. The number of nitrogens with one attached hydrogen (secondary N) is 1. The fraction of sp³-hybridized carbons (Fsp3) is 0.417. The molecule has 1 rings (SSSR count). The lowest BCUT2D eigenvalue weighted by Crippen LogP contribution is -2.25. The van der Waals surface area contributed by atoms with E-state index < -0.39 is 18.7 Å². The van der Waals surface area contributed by atoms with Crippen LogP contribution in [0.15, 0.2) is 30.3 Å². The van der Waals surface area contributed by atoms with E-state index in [-0.39, 0.29) is 19.6 Å². The zero-order chi connectivity index (χ0) is 14.1. The molecule has 4 nitrogen and oxygen atoms in total. The van der Waals surface area contributed by atoms with Gasteiger partial charge >= 0.3 is 6.18 Å². The minimum atomic E-state index is -4.37. The van der Waals surface area contributed by atoms with Crippen molar-refractivity contribution in [1.82, 2.24) is 5.48 Å². The molecule has 1 amide bonds. The highest BCUT2D eigenvalue weighted by atomic mass is 19.4. The second-order valence-electron chi connectivity index (χ2n) is 3.72. The van der Waals surface area contributed by atoms with Crippen molar-refractivity contribution in [2.75, 3.05) is 13.2 Å². The Kier molecular flexibility index (Phi) is 6.31. The summed E-state index contributed by atoms with van der Waals surface area (Å²) in [4.78, 5) is 16.1. The Bertz CT molecular complexity index is 382. The highest BCUT2D eigenvalue weighted by molar-refractivity contribution is 5.74. The van der Waals surface area contributed by atoms with Crippen LogP contribution in [-0.4, -0.2) is 25.3 Å². The van der Waals surface area contributed by atoms with E-state index in [4.69, 9.17) is 4.84 Å². The minimum absolute atomic E-state index is 0.190. The van der Waals surface area contributed by atoms with Gasteiger partial charge in [-0.2, -0.15) is 13.2 Å². The lowest BCUT2D eigenvalue weighted by atomic mass is 10.2. The summed E-state index contributed by atoms with van der Waals surface area (Å²) in [5, 5.41) is 0. The normalized spacial score (nSPS) is 11.3. The fourth-order valence-corrected chi connectivity index (χ4v) is 1.18. The van der Waals surface area contributed by atoms with E-state index in [2.05, 4.69) is 10.2 Å². The number of benzene rings is 1. The molecule has 0 aliphatic rings. The van der Waals surface area contributed by atoms with E-state index >= 15 is 0 Å². The van der Waals surface area contributed by atoms with Crippen LogP contribution in [0.5, 0.6) is 0 Å². The maximum atomic E-state index is 11.7. The first kappa shape index (κ1) is 15.5. The number of ether oxygens (including phenoxy) is 1. The molecule has 0 unspecified atom stereocenters. The van der Waals surface area contributed by atoms with Crippen molar-refractivity contribution in [1.29, 1.82) is 0 Å². The molecule has 0 saturated heterocycles. The van der Waals surface area contributed by atoms with Crippen molar-refractivity contribution in [3.05, 3.63) is 35.9 Å². The van der Waals surface area contributed by atoms with Crippen molar-refractivity contribution in [3.8, 4) is 0 Å². The average molecular weight is 277 g/mol. The highest BCUT2D eigenvalue weighted by Crippen LogP contribution is 2.14. The number of rotatable bonds is 7. The van der Waals surface area contributed by atoms with Crippen LogP contribution in [-0.2, 0) is 21.0 Å². The first-order chi connectivity index (χ1) is 8.97. The van der Waals surface area contributed by atoms with Gasteiger partial charge in [-0.1, -0.05) is 30.3 Å². The molecule has 0 saturated carbocycles. The van der Waals surface area contributed by atoms with E-state index in [0.717, 1.165) is 5.56 Å². The fourth-order valence-electron chi connectivity index (χ4n) is 1.18. The number of carbonyl (C=O) groups excluding carboxylic acids is 1. The van der Waals surface area contributed by atoms with Crippen LogP contribution < -0.4 is 5.48 Å². The number of alkyl halides is 3. The molecule has 1 aromatic carbocycles. The van der Waals surface area contributed by atoms with E-state index in [1.807, 2.05) is 30.3 Å². The molecule has 0 aliphatic carbocycles. The number of carbonyl (C=O) groups is 1. The molecule has 0 bridgehead atoms. The summed E-state index contributed by atoms with van der Waals surface area (Å²) in [6.07, 6.45) is -4.56. The Morgan fingerprint density at radius 1 is 1.21 bits per heavy atom. The largest absolute Gasteiger partial charge is 0.411 e. The summed E-state index contributed by atoms with van der Waals surface area (Å²) in [6, 6.07) is 9.13. The van der Waals surface area contributed by atoms with E-state index in [1.165, 1.54) is 0 Å². The monoisotopic (exact) mass is 277 g/mol. The maximum Gasteiger partial charge on any atom is 0.411 e. The van der Waals surface area contributed by atoms with E-state index in [1.54, 1.807) is 0 Å². The molecule has 0 fully saturated rings. The smallest absolute Gasteiger partial charge is 0.372 e. The number of hydrogen-bond acceptors (Lipinski definition) is 3. The molecule has 1 aromatic rings. The van der Waals surface area contributed by atoms with Crippen LogP contribution in [0.2, 0.25) is 0 Å². The van der Waals surface area contributed by atoms with Gasteiger partial charge in [0.25, 0.3) is 0 Å². The Morgan fingerprint density at radius 2 is 1.89 bits per heavy atom. The van der Waals surface area contributed by atoms with Crippen molar-refractivity contribution in [2.24, 2.45) is 0 Å². The molecule has 0 atom stereocenters. The van der Waals surface area contributed by atoms with Gasteiger partial charge in [0.15, 0.2) is 0 Å². The topological polar surface area (TPSA) is 47.6 Å². The molecule has 106 valence electrons. The summed E-state index contributed by atoms with van der Waals surface area (Å²) in [6.45, 7) is -1.47. The molecule has 7 heteroatoms. The quantitative estimate of drug-likeness (QED) is 0.614. The Hall–Kier alpha value is -1.60. The molecule has 19 heavy (non-hydrogen) atoms. The molecule has 0 aromatic heterocycles. The number of amides is 1. The summed E-state index contributed by atoms with van der Waals surface area (Å²) in [5.41, 5.74) is 3.00. The van der Waals surface area contributed by atoms with Gasteiger partial charge in [0.1, 0.15) is 6.61 Å². The van der Waals surface area contributed by atoms with Gasteiger partial charge in [-0.3, -0.25) is 9.63 Å². The molecule has 0 aliphatic heterocycles. The predicted molar refractivity (Wildman–Crippen MR) is 60.9 cm³/mol. The third-order valence-corrected chi connectivity index (χ3v) is 2.01. The van der Waals surface area contributed by atoms with Crippen molar-refractivity contribution < 1.29 is 27.5 Å². The van der Waals surface area contributed by atoms with Gasteiger partial charge in [-0.05, 0) is 5.56 Å². The Morgan fingerprint density at radius 3 is 2.53 bits per heavy atom. The van der Waals surface area contributed by atoms with E-state index in [0.29, 0.717) is 0 Å². The van der Waals surface area contributed by atoms with Gasteiger partial charge < -0.3 is 4.74 Å². The van der Waals surface area contributed by atoms with Crippen LogP contribution in [0.1, 0.15) is 12.0 Å². The zero-order valence-corrected chi connectivity index (χ0v) is 10.1. The van der Waals surface area contributed by atoms with Crippen molar-refractivity contribution in [2.45, 2.75) is 19.2 Å². The second kappa shape index (κ2) is 7.75. The summed E-state index contributed by atoms with van der Waals surface area (Å²) in [7, 11) is 0. The summed E-state index contributed by atoms with van der Waals surface area (Å²) < 4.78 is 39.5. The Balaban J connectivity index is 2.05. The standard InChI is InChI=1S/C12H14F3NO3/c13-12(14,15)9-18-7-6-11(17)16-19-8-10-4-2-1-3-5-10/h1-5H,6-9H2,(H,16,17). The van der Waals surface area contributed by atoms with Crippen LogP contribution in [0, 0.1) is 0 Å². The van der Waals surface area contributed by atoms with E-state index in [9.17, 15) is 18.0 Å². The third kappa shape index (κ3) is 8.17. The SMILES string of the molecule is O=C(CCOCC(F)(F)F)NOCc1ccccc1. The molecule has 0 heterocycles. The molecule has 1 N–H and O–H groups in total. The molecule has 0 spiro atoms. The van der Waals surface area contributed by atoms with Crippen LogP contribution in [0.3, 0.4) is 0 Å². The number of hydroxylamine groups is 1. The summed E-state index contributed by atoms with van der Waals surface area (Å²) >= 11 is 0. The number of hydrogen-bond donors (Lipinski definition) is 1. The van der Waals surface area contributed by atoms with Crippen LogP contribution in [0.4, 0.5) is 13.2 Å². The minimum Gasteiger partial charge on any atom is -0.372 e. The second-order valence-corrected chi connectivity index (χ2v) is 3.72. The lowest BCUT2D eigenvalue weighted by Gasteiger charge is -2.08. The first-order valence-corrected chi connectivity index (χ1v) is 5.56. The molecular formula is C12H14F3NO3. The highest BCUT2D eigenvalue weighted by Gasteiger charge is 2.27. The van der Waals surface area contributed by atoms with Crippen LogP contribution >= 0.6 is 0 Å². The van der Waals surface area contributed by atoms with Crippen molar-refractivity contribution in [3.63, 3.8) is 0 Å². The van der Waals surface area contributed by atoms with Gasteiger partial charge in [-0.15, -0.1) is 0 Å². The third-order valence-electron chi connectivity index (χ3n) is 2.01. The van der Waals surface area contributed by atoms with Gasteiger partial charge in [0.2, 0.25) is 5.91 Å². The van der Waals surface area contributed by atoms with Gasteiger partial charge in [0.05, 0.1) is 19.6 Å². The molecular weight excluding hydrogens is 263 g/mol. The maximum absolute atomic E-state index is 11.7. The molecule has 0 radical (unpaired) electrons.